The van der Waals surface area contributed by atoms with E-state index in [-0.39, 0.29) is 27.7 Å². The van der Waals surface area contributed by atoms with E-state index >= 15 is 0 Å². The summed E-state index contributed by atoms with van der Waals surface area (Å²) in [6.45, 7) is 0. The zero-order valence-electron chi connectivity index (χ0n) is 11.2. The molecule has 2 rings (SSSR count). The molecule has 0 spiro atoms. The predicted octanol–water partition coefficient (Wildman–Crippen LogP) is 2.65. The van der Waals surface area contributed by atoms with Crippen molar-refractivity contribution in [2.75, 3.05) is 19.5 Å². The molecule has 0 bridgehead atoms. The lowest BCUT2D eigenvalue weighted by Gasteiger charge is -2.08. The molecule has 0 radical (unpaired) electrons. The van der Waals surface area contributed by atoms with Crippen LogP contribution in [0.2, 0.25) is 0 Å². The maximum absolute atomic E-state index is 13.8. The molecular formula is C13H11BrFN3O3. The highest BCUT2D eigenvalue weighted by atomic mass is 79.9. The molecule has 1 aromatic carbocycles. The quantitative estimate of drug-likeness (QED) is 0.912. The largest absolute Gasteiger partial charge is 0.481 e. The summed E-state index contributed by atoms with van der Waals surface area (Å²) in [6.07, 6.45) is 0. The third-order valence-corrected chi connectivity index (χ3v) is 3.13. The summed E-state index contributed by atoms with van der Waals surface area (Å²) < 4.78 is 24.0. The molecular weight excluding hydrogens is 345 g/mol. The number of benzene rings is 1. The minimum atomic E-state index is -0.677. The third kappa shape index (κ3) is 3.46. The van der Waals surface area contributed by atoms with Gasteiger partial charge in [-0.1, -0.05) is 6.07 Å². The number of halogens is 2. The normalized spacial score (nSPS) is 10.1. The van der Waals surface area contributed by atoms with Crippen molar-refractivity contribution in [3.8, 4) is 11.8 Å². The van der Waals surface area contributed by atoms with Crippen molar-refractivity contribution in [3.05, 3.63) is 40.1 Å². The van der Waals surface area contributed by atoms with Crippen LogP contribution in [0.5, 0.6) is 11.8 Å². The van der Waals surface area contributed by atoms with Crippen molar-refractivity contribution in [1.29, 1.82) is 0 Å². The van der Waals surface area contributed by atoms with Gasteiger partial charge in [-0.15, -0.1) is 0 Å². The van der Waals surface area contributed by atoms with Gasteiger partial charge in [0.25, 0.3) is 5.91 Å². The highest BCUT2D eigenvalue weighted by Gasteiger charge is 2.16. The highest BCUT2D eigenvalue weighted by molar-refractivity contribution is 9.10. The van der Waals surface area contributed by atoms with Gasteiger partial charge < -0.3 is 9.47 Å². The minimum Gasteiger partial charge on any atom is -0.481 e. The number of nitrogens with zero attached hydrogens (tertiary/aromatic N) is 2. The molecule has 110 valence electrons. The Balaban J connectivity index is 2.29. The van der Waals surface area contributed by atoms with E-state index in [9.17, 15) is 9.18 Å². The first kappa shape index (κ1) is 15.2. The van der Waals surface area contributed by atoms with Crippen LogP contribution in [0.3, 0.4) is 0 Å². The minimum absolute atomic E-state index is 0.0458. The number of carbonyl (C=O) groups excluding carboxylic acids is 1. The Kier molecular flexibility index (Phi) is 4.69. The molecule has 1 heterocycles. The molecule has 0 aliphatic rings. The topological polar surface area (TPSA) is 73.3 Å². The number of rotatable bonds is 4. The molecule has 0 aliphatic carbocycles. The first-order valence-electron chi connectivity index (χ1n) is 5.77. The average Bonchev–Trinajstić information content (AvgIpc) is 2.49. The van der Waals surface area contributed by atoms with Gasteiger partial charge in [-0.3, -0.25) is 10.1 Å². The van der Waals surface area contributed by atoms with Gasteiger partial charge in [-0.2, -0.15) is 9.97 Å². The number of amides is 1. The SMILES string of the molecule is COc1cc(OC)nc(NC(=O)c2cccc(Br)c2F)n1. The van der Waals surface area contributed by atoms with Gasteiger partial charge in [-0.05, 0) is 28.1 Å². The van der Waals surface area contributed by atoms with E-state index in [4.69, 9.17) is 9.47 Å². The maximum Gasteiger partial charge on any atom is 0.261 e. The maximum atomic E-state index is 13.8. The standard InChI is InChI=1S/C13H11BrFN3O3/c1-20-9-6-10(21-2)17-13(16-9)18-12(19)7-4-3-5-8(14)11(7)15/h3-6H,1-2H3,(H,16,17,18,19). The molecule has 0 saturated carbocycles. The molecule has 0 aliphatic heterocycles. The summed E-state index contributed by atoms with van der Waals surface area (Å²) in [5, 5.41) is 2.39. The van der Waals surface area contributed by atoms with Crippen LogP contribution in [-0.2, 0) is 0 Å². The van der Waals surface area contributed by atoms with Crippen molar-refractivity contribution in [3.63, 3.8) is 0 Å². The molecule has 0 unspecified atom stereocenters. The van der Waals surface area contributed by atoms with Gasteiger partial charge in [0.15, 0.2) is 0 Å². The number of ether oxygens (including phenoxy) is 2. The van der Waals surface area contributed by atoms with Crippen LogP contribution < -0.4 is 14.8 Å². The lowest BCUT2D eigenvalue weighted by molar-refractivity contribution is 0.102. The Morgan fingerprint density at radius 3 is 2.43 bits per heavy atom. The molecule has 21 heavy (non-hydrogen) atoms. The second kappa shape index (κ2) is 6.49. The number of anilines is 1. The van der Waals surface area contributed by atoms with Crippen molar-refractivity contribution in [1.82, 2.24) is 9.97 Å². The second-order valence-corrected chi connectivity index (χ2v) is 4.69. The van der Waals surface area contributed by atoms with Crippen LogP contribution >= 0.6 is 15.9 Å². The molecule has 1 amide bonds. The van der Waals surface area contributed by atoms with E-state index in [1.165, 1.54) is 32.4 Å². The molecule has 1 N–H and O–H groups in total. The third-order valence-electron chi connectivity index (χ3n) is 2.52. The van der Waals surface area contributed by atoms with Gasteiger partial charge in [0, 0.05) is 0 Å². The number of carbonyl (C=O) groups is 1. The molecule has 8 heteroatoms. The van der Waals surface area contributed by atoms with Crippen molar-refractivity contribution in [2.45, 2.75) is 0 Å². The smallest absolute Gasteiger partial charge is 0.261 e. The van der Waals surface area contributed by atoms with Crippen molar-refractivity contribution in [2.24, 2.45) is 0 Å². The summed E-state index contributed by atoms with van der Waals surface area (Å²) in [6, 6.07) is 5.86. The number of methoxy groups -OCH3 is 2. The van der Waals surface area contributed by atoms with E-state index in [0.29, 0.717) is 0 Å². The fourth-order valence-electron chi connectivity index (χ4n) is 1.52. The van der Waals surface area contributed by atoms with E-state index in [2.05, 4.69) is 31.2 Å². The summed E-state index contributed by atoms with van der Waals surface area (Å²) in [7, 11) is 2.84. The van der Waals surface area contributed by atoms with Gasteiger partial charge in [0.1, 0.15) is 5.82 Å². The van der Waals surface area contributed by atoms with Crippen molar-refractivity contribution >= 4 is 27.8 Å². The van der Waals surface area contributed by atoms with Crippen molar-refractivity contribution < 1.29 is 18.7 Å². The molecule has 0 saturated heterocycles. The highest BCUT2D eigenvalue weighted by Crippen LogP contribution is 2.21. The zero-order chi connectivity index (χ0) is 15.4. The monoisotopic (exact) mass is 355 g/mol. The van der Waals surface area contributed by atoms with Crippen LogP contribution in [0.4, 0.5) is 10.3 Å². The lowest BCUT2D eigenvalue weighted by atomic mass is 10.2. The van der Waals surface area contributed by atoms with E-state index in [0.717, 1.165) is 0 Å². The molecule has 0 atom stereocenters. The Morgan fingerprint density at radius 1 is 1.24 bits per heavy atom. The Labute approximate surface area is 128 Å². The van der Waals surface area contributed by atoms with E-state index < -0.39 is 11.7 Å². The fraction of sp³-hybridized carbons (Fsp3) is 0.154. The fourth-order valence-corrected chi connectivity index (χ4v) is 1.88. The van der Waals surface area contributed by atoms with E-state index in [1.807, 2.05) is 0 Å². The van der Waals surface area contributed by atoms with Crippen LogP contribution in [-0.4, -0.2) is 30.1 Å². The average molecular weight is 356 g/mol. The Morgan fingerprint density at radius 2 is 1.86 bits per heavy atom. The first-order valence-corrected chi connectivity index (χ1v) is 6.57. The Bertz CT molecular complexity index is 659. The predicted molar refractivity (Wildman–Crippen MR) is 77.2 cm³/mol. The lowest BCUT2D eigenvalue weighted by Crippen LogP contribution is -2.16. The Hall–Kier alpha value is -2.22. The number of hydrogen-bond donors (Lipinski definition) is 1. The summed E-state index contributed by atoms with van der Waals surface area (Å²) in [4.78, 5) is 19.9. The number of hydrogen-bond acceptors (Lipinski definition) is 5. The molecule has 0 fully saturated rings. The van der Waals surface area contributed by atoms with Gasteiger partial charge in [-0.25, -0.2) is 4.39 Å². The zero-order valence-corrected chi connectivity index (χ0v) is 12.8. The summed E-state index contributed by atoms with van der Waals surface area (Å²) in [5.41, 5.74) is -0.130. The van der Waals surface area contributed by atoms with Gasteiger partial charge in [0.2, 0.25) is 17.7 Å². The van der Waals surface area contributed by atoms with Crippen LogP contribution in [0.25, 0.3) is 0 Å². The van der Waals surface area contributed by atoms with E-state index in [1.54, 1.807) is 6.07 Å². The molecule has 1 aromatic heterocycles. The number of aromatic nitrogens is 2. The summed E-state index contributed by atoms with van der Waals surface area (Å²) >= 11 is 3.02. The van der Waals surface area contributed by atoms with Crippen LogP contribution in [0.1, 0.15) is 10.4 Å². The number of nitrogens with one attached hydrogen (secondary N) is 1. The van der Waals surface area contributed by atoms with Gasteiger partial charge >= 0.3 is 0 Å². The van der Waals surface area contributed by atoms with Crippen LogP contribution in [0, 0.1) is 5.82 Å². The molecule has 6 nitrogen and oxygen atoms in total. The summed E-state index contributed by atoms with van der Waals surface area (Å²) in [5.74, 6) is -0.955. The second-order valence-electron chi connectivity index (χ2n) is 3.83. The van der Waals surface area contributed by atoms with Crippen LogP contribution in [0.15, 0.2) is 28.7 Å². The first-order chi connectivity index (χ1) is 10.0. The van der Waals surface area contributed by atoms with Gasteiger partial charge in [0.05, 0.1) is 30.3 Å². The molecule has 2 aromatic rings.